The van der Waals surface area contributed by atoms with Crippen LogP contribution in [0, 0.1) is 5.92 Å². The number of hydrogen-bond acceptors (Lipinski definition) is 4. The minimum Gasteiger partial charge on any atom is -0.481 e. The highest BCUT2D eigenvalue weighted by Gasteiger charge is 2.19. The molecule has 2 N–H and O–H groups in total. The second kappa shape index (κ2) is 8.82. The first-order valence-corrected chi connectivity index (χ1v) is 8.13. The highest BCUT2D eigenvalue weighted by atomic mass is 16.5. The predicted molar refractivity (Wildman–Crippen MR) is 93.6 cm³/mol. The molecule has 0 radical (unpaired) electrons. The van der Waals surface area contributed by atoms with E-state index in [2.05, 4.69) is 10.3 Å². The number of aliphatic carboxylic acids is 1. The van der Waals surface area contributed by atoms with Crippen molar-refractivity contribution in [2.45, 2.75) is 26.4 Å². The number of aromatic nitrogens is 1. The topological polar surface area (TPSA) is 88.5 Å². The number of hydrogen-bond donors (Lipinski definition) is 2. The number of carboxylic acid groups (broad SMARTS) is 1. The van der Waals surface area contributed by atoms with Crippen molar-refractivity contribution in [2.75, 3.05) is 6.54 Å². The number of amides is 1. The number of carboxylic acids is 1. The zero-order valence-corrected chi connectivity index (χ0v) is 14.3. The molecule has 0 bridgehead atoms. The molecule has 0 saturated heterocycles. The third-order valence-corrected chi connectivity index (χ3v) is 3.54. The Hall–Kier alpha value is -2.89. The Kier molecular flexibility index (Phi) is 6.51. The average molecular weight is 342 g/mol. The second-order valence-electron chi connectivity index (χ2n) is 5.99. The van der Waals surface area contributed by atoms with E-state index >= 15 is 0 Å². The Morgan fingerprint density at radius 1 is 1.16 bits per heavy atom. The zero-order chi connectivity index (χ0) is 18.2. The number of carbonyl (C=O) groups excluding carboxylic acids is 1. The van der Waals surface area contributed by atoms with Gasteiger partial charge in [-0.05, 0) is 31.9 Å². The number of nitrogens with zero attached hydrogens (tertiary/aromatic N) is 1. The largest absolute Gasteiger partial charge is 0.481 e. The normalized spacial score (nSPS) is 11.8. The van der Waals surface area contributed by atoms with Gasteiger partial charge in [0.2, 0.25) is 5.88 Å². The number of rotatable bonds is 8. The molecule has 1 amide bonds. The van der Waals surface area contributed by atoms with E-state index in [0.29, 0.717) is 17.9 Å². The molecule has 6 nitrogen and oxygen atoms in total. The number of ether oxygens (including phenoxy) is 1. The van der Waals surface area contributed by atoms with Crippen molar-refractivity contribution in [3.05, 3.63) is 59.8 Å². The van der Waals surface area contributed by atoms with Crippen LogP contribution in [0.25, 0.3) is 0 Å². The van der Waals surface area contributed by atoms with Gasteiger partial charge in [0.25, 0.3) is 5.91 Å². The maximum Gasteiger partial charge on any atom is 0.308 e. The van der Waals surface area contributed by atoms with E-state index in [0.717, 1.165) is 5.56 Å². The number of pyridine rings is 1. The average Bonchev–Trinajstić information content (AvgIpc) is 2.59. The monoisotopic (exact) mass is 342 g/mol. The van der Waals surface area contributed by atoms with Crippen LogP contribution in [0.5, 0.6) is 5.88 Å². The van der Waals surface area contributed by atoms with Gasteiger partial charge in [-0.15, -0.1) is 0 Å². The molecule has 0 fully saturated rings. The van der Waals surface area contributed by atoms with Crippen molar-refractivity contribution in [1.82, 2.24) is 10.3 Å². The van der Waals surface area contributed by atoms with Crippen LogP contribution < -0.4 is 10.1 Å². The molecule has 0 aliphatic rings. The molecule has 1 aromatic carbocycles. The third-order valence-electron chi connectivity index (χ3n) is 3.54. The van der Waals surface area contributed by atoms with Gasteiger partial charge in [-0.25, -0.2) is 4.98 Å². The van der Waals surface area contributed by atoms with Gasteiger partial charge in [-0.1, -0.05) is 30.3 Å². The molecule has 132 valence electrons. The predicted octanol–water partition coefficient (Wildman–Crippen LogP) is 2.54. The van der Waals surface area contributed by atoms with Gasteiger partial charge in [0, 0.05) is 18.8 Å². The van der Waals surface area contributed by atoms with E-state index in [1.165, 1.54) is 6.20 Å². The van der Waals surface area contributed by atoms with Gasteiger partial charge in [-0.3, -0.25) is 9.59 Å². The van der Waals surface area contributed by atoms with Crippen molar-refractivity contribution in [3.63, 3.8) is 0 Å². The maximum atomic E-state index is 12.2. The van der Waals surface area contributed by atoms with Gasteiger partial charge in [0.15, 0.2) is 0 Å². The quantitative estimate of drug-likeness (QED) is 0.770. The Morgan fingerprint density at radius 2 is 1.88 bits per heavy atom. The summed E-state index contributed by atoms with van der Waals surface area (Å²) in [7, 11) is 0. The fourth-order valence-corrected chi connectivity index (χ4v) is 2.29. The molecule has 2 rings (SSSR count). The Bertz CT molecular complexity index is 699. The number of carbonyl (C=O) groups is 2. The molecule has 1 aromatic heterocycles. The van der Waals surface area contributed by atoms with E-state index in [-0.39, 0.29) is 18.6 Å². The molecule has 6 heteroatoms. The minimum atomic E-state index is -0.942. The van der Waals surface area contributed by atoms with E-state index in [4.69, 9.17) is 4.74 Å². The van der Waals surface area contributed by atoms with Crippen molar-refractivity contribution in [3.8, 4) is 5.88 Å². The third kappa shape index (κ3) is 5.91. The summed E-state index contributed by atoms with van der Waals surface area (Å²) in [5, 5.41) is 12.0. The van der Waals surface area contributed by atoms with E-state index in [9.17, 15) is 14.7 Å². The van der Waals surface area contributed by atoms with Gasteiger partial charge >= 0.3 is 5.97 Å². The summed E-state index contributed by atoms with van der Waals surface area (Å²) in [5.41, 5.74) is 1.28. The van der Waals surface area contributed by atoms with Crippen molar-refractivity contribution >= 4 is 11.9 Å². The molecular weight excluding hydrogens is 320 g/mol. The number of benzene rings is 1. The Labute approximate surface area is 146 Å². The first-order chi connectivity index (χ1) is 12.0. The highest BCUT2D eigenvalue weighted by molar-refractivity contribution is 5.94. The summed E-state index contributed by atoms with van der Waals surface area (Å²) in [4.78, 5) is 27.7. The van der Waals surface area contributed by atoms with Crippen molar-refractivity contribution < 1.29 is 19.4 Å². The number of nitrogens with one attached hydrogen (secondary N) is 1. The van der Waals surface area contributed by atoms with Gasteiger partial charge < -0.3 is 15.2 Å². The van der Waals surface area contributed by atoms with Gasteiger partial charge in [0.05, 0.1) is 17.6 Å². The van der Waals surface area contributed by atoms with Gasteiger partial charge in [-0.2, -0.15) is 0 Å². The fourth-order valence-electron chi connectivity index (χ4n) is 2.29. The maximum absolute atomic E-state index is 12.2. The van der Waals surface area contributed by atoms with Crippen LogP contribution in [0.4, 0.5) is 0 Å². The van der Waals surface area contributed by atoms with Crippen molar-refractivity contribution in [1.29, 1.82) is 0 Å². The summed E-state index contributed by atoms with van der Waals surface area (Å²) in [5.74, 6) is -1.55. The summed E-state index contributed by atoms with van der Waals surface area (Å²) >= 11 is 0. The van der Waals surface area contributed by atoms with E-state index in [1.54, 1.807) is 12.1 Å². The summed E-state index contributed by atoms with van der Waals surface area (Å²) in [6, 6.07) is 12.6. The first-order valence-electron chi connectivity index (χ1n) is 8.13. The smallest absolute Gasteiger partial charge is 0.308 e. The Morgan fingerprint density at radius 3 is 2.44 bits per heavy atom. The van der Waals surface area contributed by atoms with Crippen LogP contribution in [-0.4, -0.2) is 34.6 Å². The molecule has 25 heavy (non-hydrogen) atoms. The van der Waals surface area contributed by atoms with Crippen LogP contribution in [0.2, 0.25) is 0 Å². The molecule has 0 aliphatic carbocycles. The lowest BCUT2D eigenvalue weighted by molar-refractivity contribution is -0.141. The van der Waals surface area contributed by atoms with Crippen LogP contribution >= 0.6 is 0 Å². The summed E-state index contributed by atoms with van der Waals surface area (Å²) < 4.78 is 5.42. The standard InChI is InChI=1S/C19H22N2O4/c1-13(2)25-17-9-8-15(11-20-17)18(22)21-12-16(19(23)24)10-14-6-4-3-5-7-14/h3-9,11,13,16H,10,12H2,1-2H3,(H,21,22)(H,23,24). The van der Waals surface area contributed by atoms with Crippen molar-refractivity contribution in [2.24, 2.45) is 5.92 Å². The van der Waals surface area contributed by atoms with E-state index in [1.807, 2.05) is 44.2 Å². The molecule has 0 aliphatic heterocycles. The fraction of sp³-hybridized carbons (Fsp3) is 0.316. The van der Waals surface area contributed by atoms with Crippen LogP contribution in [0.3, 0.4) is 0 Å². The lowest BCUT2D eigenvalue weighted by Crippen LogP contribution is -2.34. The summed E-state index contributed by atoms with van der Waals surface area (Å²) in [6.45, 7) is 3.83. The lowest BCUT2D eigenvalue weighted by atomic mass is 9.99. The van der Waals surface area contributed by atoms with E-state index < -0.39 is 11.9 Å². The molecular formula is C19H22N2O4. The van der Waals surface area contributed by atoms with Crippen LogP contribution in [0.15, 0.2) is 48.7 Å². The lowest BCUT2D eigenvalue weighted by Gasteiger charge is -2.14. The molecule has 2 aromatic rings. The Balaban J connectivity index is 1.93. The molecule has 0 spiro atoms. The second-order valence-corrected chi connectivity index (χ2v) is 5.99. The molecule has 0 saturated carbocycles. The SMILES string of the molecule is CC(C)Oc1ccc(C(=O)NCC(Cc2ccccc2)C(=O)O)cn1. The van der Waals surface area contributed by atoms with Crippen LogP contribution in [-0.2, 0) is 11.2 Å². The van der Waals surface area contributed by atoms with Gasteiger partial charge in [0.1, 0.15) is 0 Å². The molecule has 1 heterocycles. The van der Waals surface area contributed by atoms with Crippen LogP contribution in [0.1, 0.15) is 29.8 Å². The first kappa shape index (κ1) is 18.4. The highest BCUT2D eigenvalue weighted by Crippen LogP contribution is 2.11. The molecule has 1 atom stereocenters. The zero-order valence-electron chi connectivity index (χ0n) is 14.3. The molecule has 1 unspecified atom stereocenters. The summed E-state index contributed by atoms with van der Waals surface area (Å²) in [6.07, 6.45) is 1.78. The minimum absolute atomic E-state index is 0.00138.